The zero-order valence-electron chi connectivity index (χ0n) is 15.6. The molecule has 144 valence electrons. The third-order valence-electron chi connectivity index (χ3n) is 4.84. The van der Waals surface area contributed by atoms with Gasteiger partial charge in [0, 0.05) is 32.2 Å². The Hall–Kier alpha value is -2.60. The van der Waals surface area contributed by atoms with Gasteiger partial charge in [-0.1, -0.05) is 36.4 Å². The fraction of sp³-hybridized carbons (Fsp3) is 0.381. The topological polar surface area (TPSA) is 53.6 Å². The van der Waals surface area contributed by atoms with Crippen LogP contribution in [0.4, 0.5) is 9.18 Å². The standard InChI is InChI=1S/C21H26FN3O2/c1-27-20-8-7-17(13-19(20)22)15-25-11-9-18(10-12-25)24-21(26)23-14-16-5-3-2-4-6-16/h2-8,13,18H,9-12,14-15H2,1H3,(H2,23,24,26). The number of carbonyl (C=O) groups is 1. The molecule has 2 aromatic carbocycles. The van der Waals surface area contributed by atoms with Crippen LogP contribution in [0.1, 0.15) is 24.0 Å². The maximum absolute atomic E-state index is 13.8. The number of benzene rings is 2. The Bertz CT molecular complexity index is 746. The average Bonchev–Trinajstić information content (AvgIpc) is 2.69. The lowest BCUT2D eigenvalue weighted by molar-refractivity contribution is 0.186. The van der Waals surface area contributed by atoms with Crippen molar-refractivity contribution in [2.24, 2.45) is 0 Å². The van der Waals surface area contributed by atoms with Gasteiger partial charge < -0.3 is 15.4 Å². The van der Waals surface area contributed by atoms with E-state index in [0.717, 1.165) is 37.1 Å². The quantitative estimate of drug-likeness (QED) is 0.819. The minimum Gasteiger partial charge on any atom is -0.494 e. The van der Waals surface area contributed by atoms with E-state index in [1.54, 1.807) is 6.07 Å². The molecule has 0 aromatic heterocycles. The first-order chi connectivity index (χ1) is 13.1. The molecule has 0 aliphatic carbocycles. The minimum absolute atomic E-state index is 0.130. The molecule has 0 saturated carbocycles. The summed E-state index contributed by atoms with van der Waals surface area (Å²) in [5.74, 6) is -0.0650. The molecule has 5 nitrogen and oxygen atoms in total. The van der Waals surface area contributed by atoms with E-state index in [-0.39, 0.29) is 23.6 Å². The largest absolute Gasteiger partial charge is 0.494 e. The molecule has 0 radical (unpaired) electrons. The summed E-state index contributed by atoms with van der Waals surface area (Å²) in [7, 11) is 1.46. The van der Waals surface area contributed by atoms with E-state index >= 15 is 0 Å². The number of nitrogens with zero attached hydrogens (tertiary/aromatic N) is 1. The number of rotatable bonds is 6. The van der Waals surface area contributed by atoms with Crippen LogP contribution in [-0.4, -0.2) is 37.2 Å². The van der Waals surface area contributed by atoms with Gasteiger partial charge in [-0.25, -0.2) is 9.18 Å². The first-order valence-electron chi connectivity index (χ1n) is 9.27. The number of carbonyl (C=O) groups excluding carboxylic acids is 1. The van der Waals surface area contributed by atoms with Gasteiger partial charge in [0.25, 0.3) is 0 Å². The Labute approximate surface area is 159 Å². The van der Waals surface area contributed by atoms with Crippen LogP contribution in [0.3, 0.4) is 0 Å². The van der Waals surface area contributed by atoms with E-state index in [1.165, 1.54) is 13.2 Å². The third-order valence-corrected chi connectivity index (χ3v) is 4.84. The molecule has 2 aromatic rings. The van der Waals surface area contributed by atoms with Crippen molar-refractivity contribution in [3.05, 3.63) is 65.5 Å². The number of amides is 2. The first-order valence-corrected chi connectivity index (χ1v) is 9.27. The highest BCUT2D eigenvalue weighted by atomic mass is 19.1. The molecular weight excluding hydrogens is 345 g/mol. The molecule has 1 aliphatic heterocycles. The molecule has 27 heavy (non-hydrogen) atoms. The summed E-state index contributed by atoms with van der Waals surface area (Å²) < 4.78 is 18.8. The van der Waals surface area contributed by atoms with Crippen LogP contribution in [0, 0.1) is 5.82 Å². The van der Waals surface area contributed by atoms with Crippen molar-refractivity contribution in [1.82, 2.24) is 15.5 Å². The lowest BCUT2D eigenvalue weighted by Gasteiger charge is -2.32. The zero-order chi connectivity index (χ0) is 19.1. The van der Waals surface area contributed by atoms with Gasteiger partial charge in [0.2, 0.25) is 0 Å². The second-order valence-electron chi connectivity index (χ2n) is 6.83. The Kier molecular flexibility index (Phi) is 6.65. The van der Waals surface area contributed by atoms with Crippen LogP contribution >= 0.6 is 0 Å². The summed E-state index contributed by atoms with van der Waals surface area (Å²) >= 11 is 0. The molecule has 1 saturated heterocycles. The van der Waals surface area contributed by atoms with Gasteiger partial charge in [-0.05, 0) is 36.1 Å². The number of hydrogen-bond acceptors (Lipinski definition) is 3. The highest BCUT2D eigenvalue weighted by Gasteiger charge is 2.21. The summed E-state index contributed by atoms with van der Waals surface area (Å²) in [6, 6.07) is 15.0. The summed E-state index contributed by atoms with van der Waals surface area (Å²) in [6.45, 7) is 2.97. The number of halogens is 1. The average molecular weight is 371 g/mol. The van der Waals surface area contributed by atoms with Gasteiger partial charge in [-0.15, -0.1) is 0 Å². The highest BCUT2D eigenvalue weighted by Crippen LogP contribution is 2.20. The van der Waals surface area contributed by atoms with Crippen LogP contribution < -0.4 is 15.4 Å². The van der Waals surface area contributed by atoms with Crippen LogP contribution in [0.2, 0.25) is 0 Å². The third kappa shape index (κ3) is 5.69. The number of nitrogens with one attached hydrogen (secondary N) is 2. The Morgan fingerprint density at radius 1 is 1.15 bits per heavy atom. The van der Waals surface area contributed by atoms with Gasteiger partial charge in [0.1, 0.15) is 0 Å². The van der Waals surface area contributed by atoms with Gasteiger partial charge in [0.15, 0.2) is 11.6 Å². The molecule has 6 heteroatoms. The van der Waals surface area contributed by atoms with Crippen LogP contribution in [-0.2, 0) is 13.1 Å². The van der Waals surface area contributed by atoms with Crippen molar-refractivity contribution in [1.29, 1.82) is 0 Å². The zero-order valence-corrected chi connectivity index (χ0v) is 15.6. The summed E-state index contributed by atoms with van der Waals surface area (Å²) in [5, 5.41) is 5.94. The lowest BCUT2D eigenvalue weighted by atomic mass is 10.0. The molecule has 0 atom stereocenters. The van der Waals surface area contributed by atoms with Crippen LogP contribution in [0.25, 0.3) is 0 Å². The van der Waals surface area contributed by atoms with Crippen molar-refractivity contribution in [2.75, 3.05) is 20.2 Å². The molecule has 2 amide bonds. The predicted octanol–water partition coefficient (Wildman–Crippen LogP) is 3.30. The molecule has 3 rings (SSSR count). The predicted molar refractivity (Wildman–Crippen MR) is 103 cm³/mol. The molecule has 1 fully saturated rings. The summed E-state index contributed by atoms with van der Waals surface area (Å²) in [4.78, 5) is 14.3. The fourth-order valence-corrected chi connectivity index (χ4v) is 3.32. The van der Waals surface area contributed by atoms with Gasteiger partial charge in [-0.2, -0.15) is 0 Å². The molecule has 0 unspecified atom stereocenters. The van der Waals surface area contributed by atoms with Crippen molar-refractivity contribution < 1.29 is 13.9 Å². The van der Waals surface area contributed by atoms with E-state index in [1.807, 2.05) is 36.4 Å². The Balaban J connectivity index is 1.39. The SMILES string of the molecule is COc1ccc(CN2CCC(NC(=O)NCc3ccccc3)CC2)cc1F. The summed E-state index contributed by atoms with van der Waals surface area (Å²) in [5.41, 5.74) is 2.01. The normalized spacial score (nSPS) is 15.3. The fourth-order valence-electron chi connectivity index (χ4n) is 3.32. The smallest absolute Gasteiger partial charge is 0.315 e. The molecule has 0 bridgehead atoms. The van der Waals surface area contributed by atoms with Gasteiger partial charge >= 0.3 is 6.03 Å². The maximum Gasteiger partial charge on any atom is 0.315 e. The number of methoxy groups -OCH3 is 1. The molecule has 2 N–H and O–H groups in total. The van der Waals surface area contributed by atoms with E-state index < -0.39 is 0 Å². The Morgan fingerprint density at radius 2 is 1.89 bits per heavy atom. The monoisotopic (exact) mass is 371 g/mol. The first kappa shape index (κ1) is 19.2. The van der Waals surface area contributed by atoms with Crippen molar-refractivity contribution in [2.45, 2.75) is 32.0 Å². The summed E-state index contributed by atoms with van der Waals surface area (Å²) in [6.07, 6.45) is 1.77. The molecule has 0 spiro atoms. The Morgan fingerprint density at radius 3 is 2.56 bits per heavy atom. The number of likely N-dealkylation sites (tertiary alicyclic amines) is 1. The maximum atomic E-state index is 13.8. The second kappa shape index (κ2) is 9.37. The van der Waals surface area contributed by atoms with Crippen LogP contribution in [0.15, 0.2) is 48.5 Å². The van der Waals surface area contributed by atoms with E-state index in [9.17, 15) is 9.18 Å². The lowest BCUT2D eigenvalue weighted by Crippen LogP contribution is -2.47. The van der Waals surface area contributed by atoms with Crippen molar-refractivity contribution >= 4 is 6.03 Å². The number of hydrogen-bond donors (Lipinski definition) is 2. The molecular formula is C21H26FN3O2. The number of piperidine rings is 1. The highest BCUT2D eigenvalue weighted by molar-refractivity contribution is 5.74. The number of ether oxygens (including phenoxy) is 1. The molecule has 1 aliphatic rings. The van der Waals surface area contributed by atoms with Crippen molar-refractivity contribution in [3.8, 4) is 5.75 Å². The van der Waals surface area contributed by atoms with Crippen molar-refractivity contribution in [3.63, 3.8) is 0 Å². The molecule has 1 heterocycles. The van der Waals surface area contributed by atoms with E-state index in [0.29, 0.717) is 13.1 Å². The van der Waals surface area contributed by atoms with E-state index in [2.05, 4.69) is 15.5 Å². The van der Waals surface area contributed by atoms with Crippen LogP contribution in [0.5, 0.6) is 5.75 Å². The number of urea groups is 1. The van der Waals surface area contributed by atoms with Gasteiger partial charge in [-0.3, -0.25) is 4.90 Å². The van der Waals surface area contributed by atoms with Gasteiger partial charge in [0.05, 0.1) is 7.11 Å². The minimum atomic E-state index is -0.332. The second-order valence-corrected chi connectivity index (χ2v) is 6.83. The van der Waals surface area contributed by atoms with E-state index in [4.69, 9.17) is 4.74 Å².